The van der Waals surface area contributed by atoms with Gasteiger partial charge in [-0.2, -0.15) is 0 Å². The van der Waals surface area contributed by atoms with Crippen molar-refractivity contribution in [2.75, 3.05) is 20.4 Å². The van der Waals surface area contributed by atoms with E-state index in [-0.39, 0.29) is 12.2 Å². The Labute approximate surface area is 91.4 Å². The molecule has 1 saturated heterocycles. The van der Waals surface area contributed by atoms with Crippen molar-refractivity contribution in [3.8, 4) is 0 Å². The summed E-state index contributed by atoms with van der Waals surface area (Å²) in [5.41, 5.74) is 0.109. The molecule has 1 aliphatic heterocycles. The summed E-state index contributed by atoms with van der Waals surface area (Å²) in [7, 11) is 2.11. The van der Waals surface area contributed by atoms with E-state index in [0.29, 0.717) is 24.1 Å². The number of ether oxygens (including phenoxy) is 1. The van der Waals surface area contributed by atoms with Crippen molar-refractivity contribution < 1.29 is 9.84 Å². The molecule has 3 aliphatic carbocycles. The fourth-order valence-electron chi connectivity index (χ4n) is 4.27. The Morgan fingerprint density at radius 3 is 2.73 bits per heavy atom. The third kappa shape index (κ3) is 0.973. The van der Waals surface area contributed by atoms with Gasteiger partial charge in [0.1, 0.15) is 12.3 Å². The van der Waals surface area contributed by atoms with Gasteiger partial charge in [0.25, 0.3) is 0 Å². The summed E-state index contributed by atoms with van der Waals surface area (Å²) in [6.45, 7) is 5.54. The van der Waals surface area contributed by atoms with Crippen LogP contribution in [0.5, 0.6) is 0 Å². The van der Waals surface area contributed by atoms with Gasteiger partial charge in [-0.25, -0.2) is 0 Å². The zero-order valence-electron chi connectivity index (χ0n) is 9.86. The lowest BCUT2D eigenvalue weighted by Crippen LogP contribution is -2.69. The molecule has 0 radical (unpaired) electrons. The highest BCUT2D eigenvalue weighted by molar-refractivity contribution is 5.18. The maximum atomic E-state index is 9.75. The smallest absolute Gasteiger partial charge is 0.112 e. The maximum absolute atomic E-state index is 9.75. The molecule has 0 spiro atoms. The summed E-state index contributed by atoms with van der Waals surface area (Å²) in [4.78, 5) is 2.27. The maximum Gasteiger partial charge on any atom is 0.112 e. The van der Waals surface area contributed by atoms with E-state index < -0.39 is 0 Å². The molecule has 1 heterocycles. The molecule has 3 saturated carbocycles. The highest BCUT2D eigenvalue weighted by atomic mass is 16.5. The lowest BCUT2D eigenvalue weighted by Gasteiger charge is -2.65. The quantitative estimate of drug-likeness (QED) is 0.704. The Morgan fingerprint density at radius 2 is 2.13 bits per heavy atom. The molecule has 4 rings (SSSR count). The molecular weight excluding hydrogens is 190 g/mol. The first-order valence-electron chi connectivity index (χ1n) is 5.97. The van der Waals surface area contributed by atoms with E-state index in [9.17, 15) is 5.11 Å². The van der Waals surface area contributed by atoms with Crippen LogP contribution in [0, 0.1) is 17.3 Å². The van der Waals surface area contributed by atoms with E-state index >= 15 is 0 Å². The van der Waals surface area contributed by atoms with Crippen molar-refractivity contribution in [1.29, 1.82) is 0 Å². The molecule has 2 bridgehead atoms. The molecule has 1 N–H and O–H groups in total. The van der Waals surface area contributed by atoms with Gasteiger partial charge >= 0.3 is 0 Å². The minimum atomic E-state index is -0.257. The fourth-order valence-corrected chi connectivity index (χ4v) is 4.27. The van der Waals surface area contributed by atoms with E-state index in [1.54, 1.807) is 0 Å². The monoisotopic (exact) mass is 211 g/mol. The van der Waals surface area contributed by atoms with Gasteiger partial charge in [0.15, 0.2) is 0 Å². The predicted octanol–water partition coefficient (Wildman–Crippen LogP) is 1.07. The second-order valence-electron chi connectivity index (χ2n) is 6.20. The summed E-state index contributed by atoms with van der Waals surface area (Å²) in [6.07, 6.45) is 2.44. The minimum Gasteiger partial charge on any atom is -0.393 e. The van der Waals surface area contributed by atoms with Gasteiger partial charge in [0.2, 0.25) is 0 Å². The second-order valence-corrected chi connectivity index (χ2v) is 6.20. The number of aliphatic hydroxyl groups excluding tert-OH is 1. The van der Waals surface area contributed by atoms with E-state index in [0.717, 1.165) is 5.92 Å². The largest absolute Gasteiger partial charge is 0.393 e. The van der Waals surface area contributed by atoms with Gasteiger partial charge in [-0.3, -0.25) is 4.90 Å². The van der Waals surface area contributed by atoms with Gasteiger partial charge in [0.05, 0.1) is 6.61 Å². The standard InChI is InChI=1S/C12H21NO2/c1-11(2)8-4-9(11)12(6-14)10(5-8)13(3)7-15-12/h8-10,14H,4-7H2,1-3H3/t8-,9-,10+,12-/m1/s1. The molecule has 0 amide bonds. The number of rotatable bonds is 1. The zero-order chi connectivity index (χ0) is 10.8. The van der Waals surface area contributed by atoms with Gasteiger partial charge in [-0.05, 0) is 37.1 Å². The summed E-state index contributed by atoms with van der Waals surface area (Å²) in [5, 5.41) is 9.75. The highest BCUT2D eigenvalue weighted by Gasteiger charge is 2.68. The molecule has 0 unspecified atom stereocenters. The van der Waals surface area contributed by atoms with Crippen molar-refractivity contribution in [1.82, 2.24) is 4.90 Å². The number of hydrogen-bond donors (Lipinski definition) is 1. The summed E-state index contributed by atoms with van der Waals surface area (Å²) in [6, 6.07) is 0.444. The third-order valence-corrected chi connectivity index (χ3v) is 5.45. The van der Waals surface area contributed by atoms with Crippen LogP contribution in [0.3, 0.4) is 0 Å². The molecule has 4 atom stereocenters. The molecule has 0 aromatic carbocycles. The van der Waals surface area contributed by atoms with Crippen LogP contribution in [0.4, 0.5) is 0 Å². The van der Waals surface area contributed by atoms with Gasteiger partial charge in [-0.1, -0.05) is 13.8 Å². The highest BCUT2D eigenvalue weighted by Crippen LogP contribution is 2.65. The van der Waals surface area contributed by atoms with E-state index in [1.165, 1.54) is 12.8 Å². The summed E-state index contributed by atoms with van der Waals surface area (Å²) >= 11 is 0. The van der Waals surface area contributed by atoms with Crippen LogP contribution >= 0.6 is 0 Å². The average molecular weight is 211 g/mol. The molecule has 3 nitrogen and oxygen atoms in total. The van der Waals surface area contributed by atoms with Crippen molar-refractivity contribution in [3.05, 3.63) is 0 Å². The van der Waals surface area contributed by atoms with E-state index in [1.807, 2.05) is 0 Å². The molecular formula is C12H21NO2. The SMILES string of the molecule is CN1CO[C@@]2(CO)[C@@H]1C[C@H]1C[C@@H]2C1(C)C. The molecule has 86 valence electrons. The Kier molecular flexibility index (Phi) is 1.85. The molecule has 4 fully saturated rings. The van der Waals surface area contributed by atoms with E-state index in [2.05, 4.69) is 25.8 Å². The van der Waals surface area contributed by atoms with Crippen LogP contribution in [0.2, 0.25) is 0 Å². The first-order chi connectivity index (χ1) is 7.02. The minimum absolute atomic E-state index is 0.183. The van der Waals surface area contributed by atoms with Crippen LogP contribution in [0.25, 0.3) is 0 Å². The fraction of sp³-hybridized carbons (Fsp3) is 1.00. The molecule has 15 heavy (non-hydrogen) atoms. The number of likely N-dealkylation sites (N-methyl/N-ethyl adjacent to an activating group) is 1. The normalized spacial score (nSPS) is 52.4. The van der Waals surface area contributed by atoms with Crippen LogP contribution in [0.1, 0.15) is 26.7 Å². The molecule has 0 aromatic heterocycles. The Morgan fingerprint density at radius 1 is 1.40 bits per heavy atom. The number of hydrogen-bond acceptors (Lipinski definition) is 3. The Balaban J connectivity index is 1.98. The average Bonchev–Trinajstić information content (AvgIpc) is 2.57. The molecule has 0 aromatic rings. The van der Waals surface area contributed by atoms with Gasteiger partial charge < -0.3 is 9.84 Å². The topological polar surface area (TPSA) is 32.7 Å². The van der Waals surface area contributed by atoms with Crippen molar-refractivity contribution >= 4 is 0 Å². The second kappa shape index (κ2) is 2.76. The van der Waals surface area contributed by atoms with Gasteiger partial charge in [-0.15, -0.1) is 0 Å². The van der Waals surface area contributed by atoms with Crippen molar-refractivity contribution in [2.24, 2.45) is 17.3 Å². The predicted molar refractivity (Wildman–Crippen MR) is 57.3 cm³/mol. The first-order valence-corrected chi connectivity index (χ1v) is 5.97. The third-order valence-electron chi connectivity index (χ3n) is 5.45. The lowest BCUT2D eigenvalue weighted by atomic mass is 9.43. The van der Waals surface area contributed by atoms with E-state index in [4.69, 9.17) is 4.74 Å². The summed E-state index contributed by atoms with van der Waals surface area (Å²) in [5.74, 6) is 1.38. The van der Waals surface area contributed by atoms with Crippen LogP contribution in [0.15, 0.2) is 0 Å². The van der Waals surface area contributed by atoms with Crippen LogP contribution < -0.4 is 0 Å². The zero-order valence-corrected chi connectivity index (χ0v) is 9.86. The van der Waals surface area contributed by atoms with Crippen molar-refractivity contribution in [3.63, 3.8) is 0 Å². The first kappa shape index (κ1) is 10.1. The van der Waals surface area contributed by atoms with Crippen LogP contribution in [-0.4, -0.2) is 42.0 Å². The van der Waals surface area contributed by atoms with Crippen molar-refractivity contribution in [2.45, 2.75) is 38.3 Å². The van der Waals surface area contributed by atoms with Crippen LogP contribution in [-0.2, 0) is 4.74 Å². The lowest BCUT2D eigenvalue weighted by molar-refractivity contribution is -0.222. The molecule has 4 aliphatic rings. The summed E-state index contributed by atoms with van der Waals surface area (Å²) < 4.78 is 5.97. The number of aliphatic hydroxyl groups is 1. The van der Waals surface area contributed by atoms with Gasteiger partial charge in [0, 0.05) is 6.04 Å². The Hall–Kier alpha value is -0.120. The molecule has 3 heteroatoms. The number of nitrogens with zero attached hydrogens (tertiary/aromatic N) is 1. The Bertz CT molecular complexity index is 291.